The highest BCUT2D eigenvalue weighted by atomic mass is 32.1. The minimum atomic E-state index is -0.461. The molecule has 5 heteroatoms. The highest BCUT2D eigenvalue weighted by Crippen LogP contribution is 2.48. The number of carbonyl (C=O) groups excluding carboxylic acids is 1. The summed E-state index contributed by atoms with van der Waals surface area (Å²) in [5, 5.41) is 0. The van der Waals surface area contributed by atoms with Crippen LogP contribution < -0.4 is 5.73 Å². The van der Waals surface area contributed by atoms with Crippen molar-refractivity contribution in [1.29, 1.82) is 0 Å². The summed E-state index contributed by atoms with van der Waals surface area (Å²) in [7, 11) is 0. The molecular weight excluding hydrogens is 270 g/mol. The summed E-state index contributed by atoms with van der Waals surface area (Å²) < 4.78 is 0. The standard InChI is InChI=1S/C15H25N3OS/c16-13(20)15(5-6-15)14(19)18-9-3-12(4-10-18)11-17-7-1-2-8-17/h12H,1-11H2,(H2,16,20). The molecule has 2 saturated heterocycles. The fraction of sp³-hybridized carbons (Fsp3) is 0.867. The molecule has 0 unspecified atom stereocenters. The summed E-state index contributed by atoms with van der Waals surface area (Å²) in [5.74, 6) is 0.960. The Bertz CT molecular complexity index is 394. The van der Waals surface area contributed by atoms with Crippen molar-refractivity contribution in [2.45, 2.75) is 38.5 Å². The molecule has 1 saturated carbocycles. The molecule has 0 atom stereocenters. The minimum absolute atomic E-state index is 0.199. The molecule has 112 valence electrons. The fourth-order valence-electron chi connectivity index (χ4n) is 3.64. The van der Waals surface area contributed by atoms with Gasteiger partial charge in [0.15, 0.2) is 0 Å². The number of rotatable bonds is 4. The molecule has 0 bridgehead atoms. The van der Waals surface area contributed by atoms with Gasteiger partial charge in [-0.15, -0.1) is 0 Å². The van der Waals surface area contributed by atoms with Gasteiger partial charge >= 0.3 is 0 Å². The number of carbonyl (C=O) groups is 1. The fourth-order valence-corrected chi connectivity index (χ4v) is 3.93. The molecular formula is C15H25N3OS. The first-order chi connectivity index (χ1) is 9.62. The van der Waals surface area contributed by atoms with Crippen molar-refractivity contribution in [3.8, 4) is 0 Å². The summed E-state index contributed by atoms with van der Waals surface area (Å²) in [6, 6.07) is 0. The van der Waals surface area contributed by atoms with E-state index in [1.165, 1.54) is 32.5 Å². The van der Waals surface area contributed by atoms with E-state index in [1.807, 2.05) is 4.90 Å². The van der Waals surface area contributed by atoms with Crippen LogP contribution in [0.15, 0.2) is 0 Å². The first kappa shape index (κ1) is 14.3. The van der Waals surface area contributed by atoms with Gasteiger partial charge in [0.1, 0.15) is 0 Å². The second-order valence-electron chi connectivity index (χ2n) is 6.69. The van der Waals surface area contributed by atoms with E-state index in [4.69, 9.17) is 18.0 Å². The van der Waals surface area contributed by atoms with Crippen molar-refractivity contribution < 1.29 is 4.79 Å². The average Bonchev–Trinajstić information content (AvgIpc) is 3.12. The van der Waals surface area contributed by atoms with Crippen LogP contribution in [0, 0.1) is 11.3 Å². The van der Waals surface area contributed by atoms with E-state index in [1.54, 1.807) is 0 Å². The second kappa shape index (κ2) is 5.60. The molecule has 1 aliphatic carbocycles. The normalized spacial score (nSPS) is 26.7. The highest BCUT2D eigenvalue weighted by Gasteiger charge is 2.54. The van der Waals surface area contributed by atoms with Crippen molar-refractivity contribution in [2.24, 2.45) is 17.1 Å². The third-order valence-electron chi connectivity index (χ3n) is 5.25. The van der Waals surface area contributed by atoms with Crippen LogP contribution in [0.5, 0.6) is 0 Å². The molecule has 0 aromatic rings. The van der Waals surface area contributed by atoms with Gasteiger partial charge in [-0.3, -0.25) is 4.79 Å². The Morgan fingerprint density at radius 2 is 1.75 bits per heavy atom. The van der Waals surface area contributed by atoms with Gasteiger partial charge in [0.2, 0.25) is 5.91 Å². The van der Waals surface area contributed by atoms with Crippen molar-refractivity contribution >= 4 is 23.1 Å². The zero-order chi connectivity index (χ0) is 14.2. The Morgan fingerprint density at radius 1 is 1.15 bits per heavy atom. The van der Waals surface area contributed by atoms with Crippen LogP contribution in [-0.4, -0.2) is 53.4 Å². The summed E-state index contributed by atoms with van der Waals surface area (Å²) in [4.78, 5) is 17.5. The molecule has 2 N–H and O–H groups in total. The van der Waals surface area contributed by atoms with Crippen LogP contribution in [-0.2, 0) is 4.79 Å². The Kier molecular flexibility index (Phi) is 4.00. The van der Waals surface area contributed by atoms with Gasteiger partial charge in [0.05, 0.1) is 10.4 Å². The first-order valence-corrected chi connectivity index (χ1v) is 8.34. The zero-order valence-corrected chi connectivity index (χ0v) is 13.0. The van der Waals surface area contributed by atoms with Gasteiger partial charge in [-0.2, -0.15) is 0 Å². The number of hydrogen-bond acceptors (Lipinski definition) is 3. The smallest absolute Gasteiger partial charge is 0.235 e. The molecule has 3 fully saturated rings. The van der Waals surface area contributed by atoms with Gasteiger partial charge in [0, 0.05) is 19.6 Å². The SMILES string of the molecule is NC(=S)C1(C(=O)N2CCC(CN3CCCC3)CC2)CC1. The summed E-state index contributed by atoms with van der Waals surface area (Å²) in [6.07, 6.45) is 6.69. The van der Waals surface area contributed by atoms with Gasteiger partial charge in [-0.25, -0.2) is 0 Å². The quantitative estimate of drug-likeness (QED) is 0.796. The predicted octanol–water partition coefficient (Wildman–Crippen LogP) is 1.39. The first-order valence-electron chi connectivity index (χ1n) is 7.93. The van der Waals surface area contributed by atoms with E-state index in [9.17, 15) is 4.79 Å². The molecule has 0 aromatic heterocycles. The van der Waals surface area contributed by atoms with E-state index >= 15 is 0 Å². The lowest BCUT2D eigenvalue weighted by Gasteiger charge is -2.35. The maximum atomic E-state index is 12.5. The number of nitrogens with two attached hydrogens (primary N) is 1. The summed E-state index contributed by atoms with van der Waals surface area (Å²) in [5.41, 5.74) is 5.29. The van der Waals surface area contributed by atoms with Gasteiger partial charge < -0.3 is 15.5 Å². The van der Waals surface area contributed by atoms with E-state index in [0.29, 0.717) is 4.99 Å². The zero-order valence-electron chi connectivity index (χ0n) is 12.1. The number of likely N-dealkylation sites (tertiary alicyclic amines) is 2. The lowest BCUT2D eigenvalue weighted by Crippen LogP contribution is -2.47. The Labute approximate surface area is 126 Å². The average molecular weight is 295 g/mol. The molecule has 3 rings (SSSR count). The number of nitrogens with zero attached hydrogens (tertiary/aromatic N) is 2. The van der Waals surface area contributed by atoms with E-state index in [-0.39, 0.29) is 5.91 Å². The molecule has 20 heavy (non-hydrogen) atoms. The molecule has 2 heterocycles. The molecule has 1 amide bonds. The topological polar surface area (TPSA) is 49.6 Å². The lowest BCUT2D eigenvalue weighted by molar-refractivity contribution is -0.135. The van der Waals surface area contributed by atoms with E-state index < -0.39 is 5.41 Å². The van der Waals surface area contributed by atoms with Crippen LogP contribution in [0.4, 0.5) is 0 Å². The minimum Gasteiger partial charge on any atom is -0.392 e. The summed E-state index contributed by atoms with van der Waals surface area (Å²) >= 11 is 5.08. The molecule has 4 nitrogen and oxygen atoms in total. The number of thiocarbonyl (C=S) groups is 1. The Balaban J connectivity index is 1.48. The Hall–Kier alpha value is -0.680. The van der Waals surface area contributed by atoms with Gasteiger partial charge in [0.25, 0.3) is 0 Å². The number of piperidine rings is 1. The molecule has 0 radical (unpaired) electrons. The maximum absolute atomic E-state index is 12.5. The van der Waals surface area contributed by atoms with Crippen LogP contribution >= 0.6 is 12.2 Å². The lowest BCUT2D eigenvalue weighted by atomic mass is 9.94. The van der Waals surface area contributed by atoms with Crippen LogP contribution in [0.1, 0.15) is 38.5 Å². The predicted molar refractivity (Wildman–Crippen MR) is 83.4 cm³/mol. The number of hydrogen-bond donors (Lipinski definition) is 1. The third kappa shape index (κ3) is 2.70. The van der Waals surface area contributed by atoms with E-state index in [0.717, 1.165) is 44.7 Å². The largest absolute Gasteiger partial charge is 0.392 e. The van der Waals surface area contributed by atoms with Crippen LogP contribution in [0.3, 0.4) is 0 Å². The Morgan fingerprint density at radius 3 is 2.25 bits per heavy atom. The van der Waals surface area contributed by atoms with Crippen molar-refractivity contribution in [1.82, 2.24) is 9.80 Å². The molecule has 0 spiro atoms. The van der Waals surface area contributed by atoms with Crippen molar-refractivity contribution in [3.63, 3.8) is 0 Å². The van der Waals surface area contributed by atoms with Gasteiger partial charge in [-0.1, -0.05) is 12.2 Å². The molecule has 3 aliphatic rings. The maximum Gasteiger partial charge on any atom is 0.235 e. The molecule has 2 aliphatic heterocycles. The van der Waals surface area contributed by atoms with Crippen molar-refractivity contribution in [3.05, 3.63) is 0 Å². The second-order valence-corrected chi connectivity index (χ2v) is 7.13. The van der Waals surface area contributed by atoms with Gasteiger partial charge in [-0.05, 0) is 57.5 Å². The summed E-state index contributed by atoms with van der Waals surface area (Å²) in [6.45, 7) is 5.54. The van der Waals surface area contributed by atoms with Crippen LogP contribution in [0.25, 0.3) is 0 Å². The monoisotopic (exact) mass is 295 g/mol. The number of amides is 1. The highest BCUT2D eigenvalue weighted by molar-refractivity contribution is 7.80. The molecule has 0 aromatic carbocycles. The van der Waals surface area contributed by atoms with Crippen molar-refractivity contribution in [2.75, 3.05) is 32.7 Å². The van der Waals surface area contributed by atoms with E-state index in [2.05, 4.69) is 4.90 Å². The third-order valence-corrected chi connectivity index (χ3v) is 5.64. The van der Waals surface area contributed by atoms with Crippen LogP contribution in [0.2, 0.25) is 0 Å².